The molecule has 7 nitrogen and oxygen atoms in total. The summed E-state index contributed by atoms with van der Waals surface area (Å²) in [7, 11) is -4.56. The summed E-state index contributed by atoms with van der Waals surface area (Å²) in [4.78, 5) is 12.0. The number of para-hydroxylation sites is 2. The number of halogens is 6. The molecule has 0 amide bonds. The van der Waals surface area contributed by atoms with Crippen molar-refractivity contribution in [3.8, 4) is 22.6 Å². The molecule has 0 spiro atoms. The number of carbonyl (C=O) groups excluding carboxylic acids is 1. The summed E-state index contributed by atoms with van der Waals surface area (Å²) in [5.74, 6) is 2.83. The molecule has 0 bridgehead atoms. The number of unbranched alkanes of at least 4 members (excludes halogenated alkanes) is 1. The van der Waals surface area contributed by atoms with Crippen molar-refractivity contribution in [2.75, 3.05) is 52.0 Å². The first-order valence-corrected chi connectivity index (χ1v) is 23.9. The van der Waals surface area contributed by atoms with Crippen molar-refractivity contribution >= 4 is 57.2 Å². The van der Waals surface area contributed by atoms with E-state index in [0.717, 1.165) is 48.0 Å². The molecule has 1 aromatic heterocycles. The minimum atomic E-state index is -10.7. The van der Waals surface area contributed by atoms with Crippen LogP contribution in [-0.2, 0) is 32.5 Å². The molecule has 5 aromatic rings. The van der Waals surface area contributed by atoms with E-state index in [0.29, 0.717) is 52.7 Å². The van der Waals surface area contributed by atoms with Crippen LogP contribution < -0.4 is 14.0 Å². The number of esters is 1. The fraction of sp³-hybridized carbons (Fsp3) is 0.395. The molecule has 0 radical (unpaired) electrons. The van der Waals surface area contributed by atoms with Crippen LogP contribution in [0, 0.1) is 0 Å². The molecule has 0 saturated carbocycles. The predicted molar refractivity (Wildman–Crippen MR) is 227 cm³/mol. The molecule has 0 aliphatic carbocycles. The summed E-state index contributed by atoms with van der Waals surface area (Å²) < 4.78 is 90.0. The Morgan fingerprint density at radius 1 is 0.678 bits per heavy atom. The molecule has 1 fully saturated rings. The number of nitrogens with zero attached hydrogens (tertiary/aromatic N) is 1. The summed E-state index contributed by atoms with van der Waals surface area (Å²) in [6.45, 7) is 3.38. The molecule has 59 heavy (non-hydrogen) atoms. The van der Waals surface area contributed by atoms with E-state index in [1.54, 1.807) is 0 Å². The molecular formula is C43H50F6NO6PS2. The van der Waals surface area contributed by atoms with Crippen LogP contribution in [0.3, 0.4) is 0 Å². The van der Waals surface area contributed by atoms with Crippen molar-refractivity contribution in [2.45, 2.75) is 50.2 Å². The Bertz CT molecular complexity index is 2020. The molecule has 1 unspecified atom stereocenters. The van der Waals surface area contributed by atoms with Crippen molar-refractivity contribution in [2.24, 2.45) is 7.05 Å². The number of hydrogen-bond donors (Lipinski definition) is 0. The number of carbonyl (C=O) groups is 1. The second-order valence-electron chi connectivity index (χ2n) is 13.9. The number of aromatic nitrogens is 1. The average molecular weight is 886 g/mol. The minimum absolute atomic E-state index is 0.0705. The van der Waals surface area contributed by atoms with Gasteiger partial charge in [-0.3, -0.25) is 4.79 Å². The normalized spacial score (nSPS) is 15.3. The first kappa shape index (κ1) is 46.3. The van der Waals surface area contributed by atoms with Gasteiger partial charge >= 0.3 is 39.0 Å². The van der Waals surface area contributed by atoms with Gasteiger partial charge in [-0.25, -0.2) is 0 Å². The van der Waals surface area contributed by atoms with Gasteiger partial charge in [0.1, 0.15) is 31.8 Å². The summed E-state index contributed by atoms with van der Waals surface area (Å²) in [6.07, 6.45) is 6.78. The Kier molecular flexibility index (Phi) is 16.6. The van der Waals surface area contributed by atoms with Crippen LogP contribution >= 0.6 is 29.4 Å². The van der Waals surface area contributed by atoms with Gasteiger partial charge in [0.05, 0.1) is 43.8 Å². The van der Waals surface area contributed by atoms with Crippen molar-refractivity contribution in [3.05, 3.63) is 103 Å². The fourth-order valence-corrected chi connectivity index (χ4v) is 9.54. The van der Waals surface area contributed by atoms with Crippen LogP contribution in [0.5, 0.6) is 11.5 Å². The van der Waals surface area contributed by atoms with Crippen LogP contribution in [0.4, 0.5) is 25.2 Å². The van der Waals surface area contributed by atoms with Crippen LogP contribution in [-0.4, -0.2) is 63.2 Å². The molecule has 1 aliphatic rings. The number of aryl methyl sites for hydroxylation is 2. The molecule has 2 heterocycles. The fourth-order valence-electron chi connectivity index (χ4n) is 6.51. The van der Waals surface area contributed by atoms with Crippen LogP contribution in [0.15, 0.2) is 97.1 Å². The molecule has 4 aromatic carbocycles. The molecule has 6 rings (SSSR count). The van der Waals surface area contributed by atoms with Gasteiger partial charge in [0, 0.05) is 35.1 Å². The Hall–Kier alpha value is -3.75. The topological polar surface area (TPSA) is 67.1 Å². The standard InChI is InChI=1S/C43H50NO6S2.F6P/c1-44-40-13-5-3-11-38(40)43(39-12-4-6-14-41(39)44)34-18-22-36(23-19-34)49-31-29-47-27-26-46-28-30-48-35-20-16-33(17-21-35)9-8-25-50-42(45)15-7-2-10-37-24-32-51-52-37;1-7(2,3,4,5)6/h3-6,11-14,16-23,37H,2,7-10,15,24-32H2,1H3;/q+1;-1. The SMILES string of the molecule is C[n+]1c2ccccc2c(-c2ccc(OCCOCCOCCOc3ccc(CCCOC(=O)CCCCC4CCSS4)cc3)cc2)c2ccccc21.F[P-](F)(F)(F)(F)F. The average Bonchev–Trinajstić information content (AvgIpc) is 3.73. The Morgan fingerprint density at radius 3 is 1.75 bits per heavy atom. The number of ether oxygens (including phenoxy) is 5. The number of fused-ring (bicyclic) bond motifs is 2. The van der Waals surface area contributed by atoms with Gasteiger partial charge < -0.3 is 23.7 Å². The Balaban J connectivity index is 0.000000867. The third-order valence-electron chi connectivity index (χ3n) is 9.26. The molecular weight excluding hydrogens is 836 g/mol. The number of rotatable bonds is 21. The zero-order chi connectivity index (χ0) is 42.2. The van der Waals surface area contributed by atoms with Gasteiger partial charge in [-0.1, -0.05) is 76.5 Å². The molecule has 16 heteroatoms. The second kappa shape index (κ2) is 21.2. The monoisotopic (exact) mass is 885 g/mol. The van der Waals surface area contributed by atoms with Crippen molar-refractivity contribution in [1.29, 1.82) is 0 Å². The van der Waals surface area contributed by atoms with E-state index in [-0.39, 0.29) is 5.97 Å². The quantitative estimate of drug-likeness (QED) is 0.0137. The molecule has 1 atom stereocenters. The van der Waals surface area contributed by atoms with E-state index in [1.807, 2.05) is 45.9 Å². The van der Waals surface area contributed by atoms with Crippen LogP contribution in [0.2, 0.25) is 0 Å². The van der Waals surface area contributed by atoms with Gasteiger partial charge in [-0.05, 0) is 79.6 Å². The first-order chi connectivity index (χ1) is 28.1. The van der Waals surface area contributed by atoms with Crippen LogP contribution in [0.25, 0.3) is 32.9 Å². The van der Waals surface area contributed by atoms with E-state index in [4.69, 9.17) is 23.7 Å². The number of benzene rings is 4. The number of hydrogen-bond acceptors (Lipinski definition) is 8. The predicted octanol–water partition coefficient (Wildman–Crippen LogP) is 12.5. The second-order valence-corrected chi connectivity index (χ2v) is 18.6. The Labute approximate surface area is 348 Å². The zero-order valence-electron chi connectivity index (χ0n) is 32.8. The van der Waals surface area contributed by atoms with E-state index < -0.39 is 7.81 Å². The van der Waals surface area contributed by atoms with E-state index in [2.05, 4.69) is 84.4 Å². The Morgan fingerprint density at radius 2 is 1.20 bits per heavy atom. The number of pyridine rings is 1. The van der Waals surface area contributed by atoms with Crippen LogP contribution in [0.1, 0.15) is 44.1 Å². The zero-order valence-corrected chi connectivity index (χ0v) is 35.4. The summed E-state index contributed by atoms with van der Waals surface area (Å²) in [5, 5.41) is 3.23. The summed E-state index contributed by atoms with van der Waals surface area (Å²) in [6, 6.07) is 33.5. The third-order valence-corrected chi connectivity index (χ3v) is 12.3. The van der Waals surface area contributed by atoms with Gasteiger partial charge in [0.25, 0.3) is 0 Å². The van der Waals surface area contributed by atoms with Gasteiger partial charge in [-0.15, -0.1) is 0 Å². The summed E-state index contributed by atoms with van der Waals surface area (Å²) in [5.41, 5.74) is 6.00. The maximum absolute atomic E-state index is 12.0. The maximum atomic E-state index is 12.0. The summed E-state index contributed by atoms with van der Waals surface area (Å²) >= 11 is 0. The molecule has 1 saturated heterocycles. The molecule has 322 valence electrons. The van der Waals surface area contributed by atoms with Crippen molar-refractivity contribution < 1.29 is 58.2 Å². The van der Waals surface area contributed by atoms with E-state index in [9.17, 15) is 30.0 Å². The molecule has 1 aliphatic heterocycles. The first-order valence-electron chi connectivity index (χ1n) is 19.5. The van der Waals surface area contributed by atoms with Gasteiger partial charge in [0.15, 0.2) is 0 Å². The van der Waals surface area contributed by atoms with Crippen molar-refractivity contribution in [3.63, 3.8) is 0 Å². The van der Waals surface area contributed by atoms with Crippen molar-refractivity contribution in [1.82, 2.24) is 0 Å². The molecule has 0 N–H and O–H groups in total. The van der Waals surface area contributed by atoms with E-state index >= 15 is 0 Å². The third kappa shape index (κ3) is 17.4. The van der Waals surface area contributed by atoms with Gasteiger partial charge in [-0.2, -0.15) is 4.57 Å². The van der Waals surface area contributed by atoms with Gasteiger partial charge in [0.2, 0.25) is 11.0 Å². The van der Waals surface area contributed by atoms with E-state index in [1.165, 1.54) is 51.5 Å².